The van der Waals surface area contributed by atoms with Gasteiger partial charge in [-0.05, 0) is 49.4 Å². The van der Waals surface area contributed by atoms with E-state index in [9.17, 15) is 14.9 Å². The fourth-order valence-electron chi connectivity index (χ4n) is 3.02. The summed E-state index contributed by atoms with van der Waals surface area (Å²) < 4.78 is 1.68. The second-order valence-electron chi connectivity index (χ2n) is 7.02. The second-order valence-corrected chi connectivity index (χ2v) is 8.57. The van der Waals surface area contributed by atoms with Crippen LogP contribution >= 0.6 is 23.4 Å². The standard InChI is InChI=1S/C22H17ClN6O3S/c1-14(13-28-20-5-3-2-4-19(20)25-27-28)24-26-22(30)18-12-16(29(31)32)8-11-21(18)33-17-9-6-15(23)7-10-17/h2-12H,13H2,1H3,(H,26,30). The molecule has 33 heavy (non-hydrogen) atoms. The summed E-state index contributed by atoms with van der Waals surface area (Å²) in [5.74, 6) is -0.557. The summed E-state index contributed by atoms with van der Waals surface area (Å²) in [5.41, 5.74) is 4.64. The number of benzene rings is 3. The van der Waals surface area contributed by atoms with E-state index < -0.39 is 10.8 Å². The number of hydrogen-bond donors (Lipinski definition) is 1. The van der Waals surface area contributed by atoms with Crippen molar-refractivity contribution in [2.75, 3.05) is 0 Å². The number of rotatable bonds is 7. The number of carbonyl (C=O) groups is 1. The maximum absolute atomic E-state index is 12.9. The number of hydrazone groups is 1. The van der Waals surface area contributed by atoms with Crippen LogP contribution in [0.1, 0.15) is 17.3 Å². The third kappa shape index (κ3) is 5.36. The van der Waals surface area contributed by atoms with Gasteiger partial charge >= 0.3 is 0 Å². The van der Waals surface area contributed by atoms with Gasteiger partial charge in [0.15, 0.2) is 0 Å². The minimum Gasteiger partial charge on any atom is -0.267 e. The number of aromatic nitrogens is 3. The number of amides is 1. The van der Waals surface area contributed by atoms with Gasteiger partial charge in [0.25, 0.3) is 11.6 Å². The lowest BCUT2D eigenvalue weighted by Gasteiger charge is -2.09. The highest BCUT2D eigenvalue weighted by atomic mass is 35.5. The smallest absolute Gasteiger partial charge is 0.267 e. The third-order valence-electron chi connectivity index (χ3n) is 4.61. The summed E-state index contributed by atoms with van der Waals surface area (Å²) in [5, 5.41) is 24.2. The lowest BCUT2D eigenvalue weighted by atomic mass is 10.2. The van der Waals surface area contributed by atoms with Crippen molar-refractivity contribution in [1.82, 2.24) is 20.4 Å². The third-order valence-corrected chi connectivity index (χ3v) is 5.94. The Hall–Kier alpha value is -3.76. The van der Waals surface area contributed by atoms with Gasteiger partial charge in [-0.15, -0.1) is 5.10 Å². The molecule has 4 rings (SSSR count). The maximum atomic E-state index is 12.9. The second kappa shape index (κ2) is 9.80. The molecule has 166 valence electrons. The molecule has 9 nitrogen and oxygen atoms in total. The Morgan fingerprint density at radius 2 is 1.94 bits per heavy atom. The highest BCUT2D eigenvalue weighted by Gasteiger charge is 2.18. The Labute approximate surface area is 197 Å². The summed E-state index contributed by atoms with van der Waals surface area (Å²) in [6, 6.07) is 18.7. The summed E-state index contributed by atoms with van der Waals surface area (Å²) >= 11 is 7.23. The average molecular weight is 481 g/mol. The molecule has 1 heterocycles. The molecule has 4 aromatic rings. The zero-order valence-corrected chi connectivity index (χ0v) is 18.9. The Kier molecular flexibility index (Phi) is 6.66. The highest BCUT2D eigenvalue weighted by molar-refractivity contribution is 7.99. The van der Waals surface area contributed by atoms with E-state index >= 15 is 0 Å². The van der Waals surface area contributed by atoms with Gasteiger partial charge in [-0.25, -0.2) is 10.1 Å². The minimum absolute atomic E-state index is 0.145. The molecule has 1 N–H and O–H groups in total. The molecule has 11 heteroatoms. The van der Waals surface area contributed by atoms with Crippen molar-refractivity contribution in [2.24, 2.45) is 5.10 Å². The number of hydrogen-bond acceptors (Lipinski definition) is 7. The monoisotopic (exact) mass is 480 g/mol. The first-order valence-corrected chi connectivity index (χ1v) is 10.9. The van der Waals surface area contributed by atoms with Crippen LogP contribution in [0.3, 0.4) is 0 Å². The lowest BCUT2D eigenvalue weighted by molar-refractivity contribution is -0.384. The van der Waals surface area contributed by atoms with Gasteiger partial charge in [0.1, 0.15) is 5.52 Å². The van der Waals surface area contributed by atoms with Gasteiger partial charge in [0.05, 0.1) is 28.3 Å². The number of nitro benzene ring substituents is 1. The maximum Gasteiger partial charge on any atom is 0.272 e. The van der Waals surface area contributed by atoms with Crippen LogP contribution in [0.15, 0.2) is 81.6 Å². The van der Waals surface area contributed by atoms with E-state index in [2.05, 4.69) is 20.8 Å². The summed E-state index contributed by atoms with van der Waals surface area (Å²) in [7, 11) is 0. The van der Waals surface area contributed by atoms with Crippen LogP contribution in [0.5, 0.6) is 0 Å². The van der Waals surface area contributed by atoms with Crippen LogP contribution in [0.2, 0.25) is 5.02 Å². The van der Waals surface area contributed by atoms with E-state index in [0.29, 0.717) is 22.2 Å². The van der Waals surface area contributed by atoms with E-state index in [0.717, 1.165) is 15.9 Å². The summed E-state index contributed by atoms with van der Waals surface area (Å²) in [4.78, 5) is 25.0. The quantitative estimate of drug-likeness (QED) is 0.227. The van der Waals surface area contributed by atoms with Crippen LogP contribution in [-0.4, -0.2) is 31.5 Å². The molecular weight excluding hydrogens is 464 g/mol. The Bertz CT molecular complexity index is 1370. The predicted molar refractivity (Wildman–Crippen MR) is 127 cm³/mol. The first kappa shape index (κ1) is 22.4. The number of nitrogens with one attached hydrogen (secondary N) is 1. The van der Waals surface area contributed by atoms with Crippen molar-refractivity contribution >= 4 is 51.7 Å². The Morgan fingerprint density at radius 3 is 2.70 bits per heavy atom. The van der Waals surface area contributed by atoms with Crippen molar-refractivity contribution in [2.45, 2.75) is 23.3 Å². The van der Waals surface area contributed by atoms with Crippen LogP contribution in [0.4, 0.5) is 5.69 Å². The number of non-ortho nitro benzene ring substituents is 1. The van der Waals surface area contributed by atoms with Crippen molar-refractivity contribution < 1.29 is 9.72 Å². The lowest BCUT2D eigenvalue weighted by Crippen LogP contribution is -2.21. The number of nitro groups is 1. The number of para-hydroxylation sites is 1. The number of nitrogens with zero attached hydrogens (tertiary/aromatic N) is 5. The molecule has 0 unspecified atom stereocenters. The average Bonchev–Trinajstić information content (AvgIpc) is 3.22. The van der Waals surface area contributed by atoms with Crippen molar-refractivity contribution in [3.63, 3.8) is 0 Å². The molecule has 0 aliphatic carbocycles. The number of halogens is 1. The van der Waals surface area contributed by atoms with E-state index in [1.54, 1.807) is 41.9 Å². The van der Waals surface area contributed by atoms with Gasteiger partial charge < -0.3 is 0 Å². The molecule has 1 amide bonds. The predicted octanol–water partition coefficient (Wildman–Crippen LogP) is 4.95. The molecule has 0 aliphatic rings. The summed E-state index contributed by atoms with van der Waals surface area (Å²) in [6.45, 7) is 2.07. The van der Waals surface area contributed by atoms with Crippen LogP contribution in [-0.2, 0) is 6.54 Å². The highest BCUT2D eigenvalue weighted by Crippen LogP contribution is 2.33. The molecule has 1 aromatic heterocycles. The van der Waals surface area contributed by atoms with Gasteiger partial charge in [0, 0.05) is 26.9 Å². The molecule has 0 fully saturated rings. The van der Waals surface area contributed by atoms with Crippen LogP contribution < -0.4 is 5.43 Å². The SMILES string of the molecule is CC(Cn1nnc2ccccc21)=NNC(=O)c1cc([N+](=O)[O-])ccc1Sc1ccc(Cl)cc1. The molecular formula is C22H17ClN6O3S. The normalized spacial score (nSPS) is 11.5. The van der Waals surface area contributed by atoms with E-state index in [1.807, 2.05) is 24.3 Å². The fraction of sp³-hybridized carbons (Fsp3) is 0.0909. The minimum atomic E-state index is -0.557. The number of carbonyl (C=O) groups excluding carboxylic acids is 1. The van der Waals surface area contributed by atoms with Crippen molar-refractivity contribution in [3.05, 3.63) is 87.4 Å². The van der Waals surface area contributed by atoms with Crippen LogP contribution in [0, 0.1) is 10.1 Å². The first-order chi connectivity index (χ1) is 15.9. The number of fused-ring (bicyclic) bond motifs is 1. The molecule has 0 saturated heterocycles. The fourth-order valence-corrected chi connectivity index (χ4v) is 4.07. The Morgan fingerprint density at radius 1 is 1.18 bits per heavy atom. The molecule has 0 atom stereocenters. The van der Waals surface area contributed by atoms with E-state index in [4.69, 9.17) is 11.6 Å². The molecule has 0 bridgehead atoms. The van der Waals surface area contributed by atoms with Crippen molar-refractivity contribution in [1.29, 1.82) is 0 Å². The van der Waals surface area contributed by atoms with Crippen LogP contribution in [0.25, 0.3) is 11.0 Å². The van der Waals surface area contributed by atoms with E-state index in [-0.39, 0.29) is 11.3 Å². The van der Waals surface area contributed by atoms with E-state index in [1.165, 1.54) is 23.9 Å². The summed E-state index contributed by atoms with van der Waals surface area (Å²) in [6.07, 6.45) is 0. The zero-order chi connectivity index (χ0) is 23.4. The molecule has 0 spiro atoms. The van der Waals surface area contributed by atoms with Gasteiger partial charge in [-0.3, -0.25) is 14.9 Å². The Balaban J connectivity index is 1.54. The largest absolute Gasteiger partial charge is 0.272 e. The zero-order valence-electron chi connectivity index (χ0n) is 17.3. The topological polar surface area (TPSA) is 115 Å². The molecule has 3 aromatic carbocycles. The van der Waals surface area contributed by atoms with Gasteiger partial charge in [-0.1, -0.05) is 40.7 Å². The van der Waals surface area contributed by atoms with Gasteiger partial charge in [-0.2, -0.15) is 5.10 Å². The molecule has 0 saturated carbocycles. The first-order valence-electron chi connectivity index (χ1n) is 9.74. The molecule has 0 aliphatic heterocycles. The van der Waals surface area contributed by atoms with Gasteiger partial charge in [0.2, 0.25) is 0 Å². The molecule has 0 radical (unpaired) electrons. The van der Waals surface area contributed by atoms with Crippen molar-refractivity contribution in [3.8, 4) is 0 Å².